The van der Waals surface area contributed by atoms with E-state index in [1.54, 1.807) is 6.20 Å². The highest BCUT2D eigenvalue weighted by Crippen LogP contribution is 2.16. The number of nitrogens with zero attached hydrogens (tertiary/aromatic N) is 7. The van der Waals surface area contributed by atoms with Crippen LogP contribution in [0.3, 0.4) is 0 Å². The van der Waals surface area contributed by atoms with Gasteiger partial charge in [0, 0.05) is 57.0 Å². The lowest BCUT2D eigenvalue weighted by Gasteiger charge is -2.26. The first-order valence-corrected chi connectivity index (χ1v) is 8.73. The summed E-state index contributed by atoms with van der Waals surface area (Å²) in [4.78, 5) is 16.1. The molecule has 0 amide bonds. The number of aryl methyl sites for hydroxylation is 1. The van der Waals surface area contributed by atoms with Crippen molar-refractivity contribution in [2.75, 3.05) is 6.54 Å². The first-order valence-electron chi connectivity index (χ1n) is 8.73. The van der Waals surface area contributed by atoms with Gasteiger partial charge in [0.25, 0.3) is 0 Å². The standard InChI is InChI=1S/C15H19N7.C2HF3O2/c1-19-8-13(7-17-19)9-20-5-6-21-10-14(18-15(21)12-20)11-22-4-2-3-16-22;3-2(4,5)1(6)7/h2-4,7-8,10H,5-6,9,11-12H2,1H3;(H,6,7). The fourth-order valence-corrected chi connectivity index (χ4v) is 2.94. The Hall–Kier alpha value is -3.15. The quantitative estimate of drug-likeness (QED) is 0.700. The third-order valence-electron chi connectivity index (χ3n) is 4.22. The lowest BCUT2D eigenvalue weighted by Crippen LogP contribution is -2.33. The van der Waals surface area contributed by atoms with Crippen molar-refractivity contribution in [3.8, 4) is 0 Å². The van der Waals surface area contributed by atoms with Crippen molar-refractivity contribution in [1.82, 2.24) is 34.0 Å². The lowest BCUT2D eigenvalue weighted by atomic mass is 10.3. The van der Waals surface area contributed by atoms with E-state index in [9.17, 15) is 13.2 Å². The minimum atomic E-state index is -5.08. The summed E-state index contributed by atoms with van der Waals surface area (Å²) in [6.45, 7) is 4.57. The summed E-state index contributed by atoms with van der Waals surface area (Å²) < 4.78 is 37.8. The van der Waals surface area contributed by atoms with Crippen LogP contribution in [0.4, 0.5) is 13.2 Å². The molecule has 0 spiro atoms. The van der Waals surface area contributed by atoms with Crippen LogP contribution in [-0.4, -0.2) is 57.8 Å². The molecule has 156 valence electrons. The van der Waals surface area contributed by atoms with Crippen molar-refractivity contribution in [2.45, 2.75) is 32.4 Å². The van der Waals surface area contributed by atoms with Crippen LogP contribution in [-0.2, 0) is 38.0 Å². The van der Waals surface area contributed by atoms with Gasteiger partial charge in [0.15, 0.2) is 0 Å². The van der Waals surface area contributed by atoms with Gasteiger partial charge >= 0.3 is 12.1 Å². The smallest absolute Gasteiger partial charge is 0.475 e. The van der Waals surface area contributed by atoms with Crippen molar-refractivity contribution in [3.05, 3.63) is 54.1 Å². The molecule has 4 heterocycles. The molecule has 1 aliphatic heterocycles. The maximum Gasteiger partial charge on any atom is 0.490 e. The predicted octanol–water partition coefficient (Wildman–Crippen LogP) is 1.51. The molecule has 1 aliphatic rings. The Morgan fingerprint density at radius 1 is 1.21 bits per heavy atom. The number of rotatable bonds is 4. The molecule has 0 bridgehead atoms. The maximum absolute atomic E-state index is 10.6. The minimum Gasteiger partial charge on any atom is -0.475 e. The largest absolute Gasteiger partial charge is 0.490 e. The Morgan fingerprint density at radius 3 is 2.55 bits per heavy atom. The zero-order valence-electron chi connectivity index (χ0n) is 15.6. The minimum absolute atomic E-state index is 0.732. The van der Waals surface area contributed by atoms with Crippen LogP contribution in [0.15, 0.2) is 37.1 Å². The topological polar surface area (TPSA) is 94.0 Å². The molecule has 0 aromatic carbocycles. The third kappa shape index (κ3) is 5.67. The predicted molar refractivity (Wildman–Crippen MR) is 94.6 cm³/mol. The van der Waals surface area contributed by atoms with Gasteiger partial charge in [-0.1, -0.05) is 0 Å². The van der Waals surface area contributed by atoms with Gasteiger partial charge in [-0.3, -0.25) is 14.3 Å². The monoisotopic (exact) mass is 411 g/mol. The second-order valence-electron chi connectivity index (χ2n) is 6.58. The molecule has 0 fully saturated rings. The molecule has 3 aromatic rings. The molecule has 0 saturated heterocycles. The Balaban J connectivity index is 0.000000298. The zero-order chi connectivity index (χ0) is 21.0. The molecule has 1 N–H and O–H groups in total. The van der Waals surface area contributed by atoms with Crippen LogP contribution in [0.25, 0.3) is 0 Å². The maximum atomic E-state index is 10.6. The van der Waals surface area contributed by atoms with Crippen LogP contribution in [0.5, 0.6) is 0 Å². The Bertz CT molecular complexity index is 947. The zero-order valence-corrected chi connectivity index (χ0v) is 15.6. The van der Waals surface area contributed by atoms with Gasteiger partial charge in [0.1, 0.15) is 5.82 Å². The molecular formula is C17H20F3N7O2. The van der Waals surface area contributed by atoms with Crippen molar-refractivity contribution in [1.29, 1.82) is 0 Å². The molecule has 0 radical (unpaired) electrons. The van der Waals surface area contributed by atoms with Gasteiger partial charge in [-0.15, -0.1) is 0 Å². The van der Waals surface area contributed by atoms with Gasteiger partial charge in [-0.25, -0.2) is 9.78 Å². The summed E-state index contributed by atoms with van der Waals surface area (Å²) in [5, 5.41) is 15.6. The summed E-state index contributed by atoms with van der Waals surface area (Å²) in [7, 11) is 1.95. The summed E-state index contributed by atoms with van der Waals surface area (Å²) >= 11 is 0. The molecule has 12 heteroatoms. The highest BCUT2D eigenvalue weighted by atomic mass is 19.4. The van der Waals surface area contributed by atoms with Crippen LogP contribution in [0, 0.1) is 0 Å². The number of alkyl halides is 3. The highest BCUT2D eigenvalue weighted by molar-refractivity contribution is 5.73. The summed E-state index contributed by atoms with van der Waals surface area (Å²) in [5.41, 5.74) is 2.32. The first kappa shape index (κ1) is 20.6. The van der Waals surface area contributed by atoms with Gasteiger partial charge in [-0.2, -0.15) is 23.4 Å². The number of carbonyl (C=O) groups is 1. The molecule has 0 saturated carbocycles. The number of aromatic nitrogens is 6. The number of halogens is 3. The fourth-order valence-electron chi connectivity index (χ4n) is 2.94. The van der Waals surface area contributed by atoms with E-state index in [-0.39, 0.29) is 0 Å². The van der Waals surface area contributed by atoms with Gasteiger partial charge in [0.2, 0.25) is 0 Å². The van der Waals surface area contributed by atoms with E-state index >= 15 is 0 Å². The Morgan fingerprint density at radius 2 is 1.97 bits per heavy atom. The van der Waals surface area contributed by atoms with Crippen molar-refractivity contribution in [3.63, 3.8) is 0 Å². The van der Waals surface area contributed by atoms with E-state index in [1.807, 2.05) is 34.9 Å². The molecule has 0 aliphatic carbocycles. The lowest BCUT2D eigenvalue weighted by molar-refractivity contribution is -0.192. The molecule has 0 atom stereocenters. The van der Waals surface area contributed by atoms with Crippen LogP contribution in [0.2, 0.25) is 0 Å². The first-order chi connectivity index (χ1) is 13.7. The van der Waals surface area contributed by atoms with Gasteiger partial charge in [-0.05, 0) is 6.07 Å². The summed E-state index contributed by atoms with van der Waals surface area (Å²) in [6, 6.07) is 1.94. The summed E-state index contributed by atoms with van der Waals surface area (Å²) in [6.07, 6.45) is 4.84. The number of aliphatic carboxylic acids is 1. The van der Waals surface area contributed by atoms with Crippen molar-refractivity contribution >= 4 is 5.97 Å². The van der Waals surface area contributed by atoms with Crippen LogP contribution in [0.1, 0.15) is 17.1 Å². The number of imidazole rings is 1. The molecule has 0 unspecified atom stereocenters. The number of hydrogen-bond acceptors (Lipinski definition) is 5. The second kappa shape index (κ2) is 8.47. The number of hydrogen-bond donors (Lipinski definition) is 1. The third-order valence-corrected chi connectivity index (χ3v) is 4.22. The number of carboxylic acid groups (broad SMARTS) is 1. The van der Waals surface area contributed by atoms with E-state index in [0.29, 0.717) is 0 Å². The molecule has 4 rings (SSSR count). The van der Waals surface area contributed by atoms with E-state index in [1.165, 1.54) is 5.56 Å². The number of fused-ring (bicyclic) bond motifs is 1. The number of carboxylic acids is 1. The average molecular weight is 411 g/mol. The molecule has 9 nitrogen and oxygen atoms in total. The van der Waals surface area contributed by atoms with Crippen molar-refractivity contribution < 1.29 is 23.1 Å². The Kier molecular flexibility index (Phi) is 6.01. The van der Waals surface area contributed by atoms with Crippen molar-refractivity contribution in [2.24, 2.45) is 7.05 Å². The van der Waals surface area contributed by atoms with E-state index in [0.717, 1.165) is 44.2 Å². The Labute approximate surface area is 164 Å². The average Bonchev–Trinajstić information content (AvgIpc) is 3.36. The van der Waals surface area contributed by atoms with Crippen LogP contribution >= 0.6 is 0 Å². The van der Waals surface area contributed by atoms with E-state index in [2.05, 4.69) is 32.1 Å². The normalized spacial score (nSPS) is 14.2. The van der Waals surface area contributed by atoms with E-state index < -0.39 is 12.1 Å². The van der Waals surface area contributed by atoms with Crippen LogP contribution < -0.4 is 0 Å². The fraction of sp³-hybridized carbons (Fsp3) is 0.412. The van der Waals surface area contributed by atoms with Gasteiger partial charge < -0.3 is 9.67 Å². The molecule has 3 aromatic heterocycles. The highest BCUT2D eigenvalue weighted by Gasteiger charge is 2.38. The summed E-state index contributed by atoms with van der Waals surface area (Å²) in [5.74, 6) is -1.62. The second-order valence-corrected chi connectivity index (χ2v) is 6.58. The SMILES string of the molecule is Cn1cc(CN2CCn3cc(Cn4cccn4)nc3C2)cn1.O=C(O)C(F)(F)F. The van der Waals surface area contributed by atoms with E-state index in [4.69, 9.17) is 14.9 Å². The molecule has 29 heavy (non-hydrogen) atoms. The van der Waals surface area contributed by atoms with Gasteiger partial charge in [0.05, 0.1) is 25.0 Å². The molecular weight excluding hydrogens is 391 g/mol.